The molecule has 0 radical (unpaired) electrons. The van der Waals surface area contributed by atoms with Crippen molar-refractivity contribution in [2.24, 2.45) is 5.92 Å². The first kappa shape index (κ1) is 24.1. The summed E-state index contributed by atoms with van der Waals surface area (Å²) in [7, 11) is -3.86. The van der Waals surface area contributed by atoms with Crippen molar-refractivity contribution >= 4 is 27.0 Å². The van der Waals surface area contributed by atoms with E-state index >= 15 is 0 Å². The van der Waals surface area contributed by atoms with Crippen LogP contribution in [0.2, 0.25) is 0 Å². The fraction of sp³-hybridized carbons (Fsp3) is 0.538. The fourth-order valence-electron chi connectivity index (χ4n) is 4.82. The van der Waals surface area contributed by atoms with Crippen LogP contribution in [-0.4, -0.2) is 47.1 Å². The summed E-state index contributed by atoms with van der Waals surface area (Å²) < 4.78 is 35.7. The van der Waals surface area contributed by atoms with Crippen molar-refractivity contribution in [3.63, 3.8) is 0 Å². The molecule has 1 N–H and O–H groups in total. The lowest BCUT2D eigenvalue weighted by Crippen LogP contribution is -2.39. The summed E-state index contributed by atoms with van der Waals surface area (Å²) in [5.41, 5.74) is 1.76. The molecule has 0 atom stereocenters. The summed E-state index contributed by atoms with van der Waals surface area (Å²) in [5, 5.41) is 2.95. The molecule has 1 aromatic carbocycles. The number of nitrogens with zero attached hydrogens (tertiary/aromatic N) is 3. The summed E-state index contributed by atoms with van der Waals surface area (Å²) >= 11 is 0. The second-order valence-electron chi connectivity index (χ2n) is 10.8. The highest BCUT2D eigenvalue weighted by molar-refractivity contribution is 7.90. The average Bonchev–Trinajstić information content (AvgIpc) is 3.43. The monoisotopic (exact) mass is 498 g/mol. The first-order valence-electron chi connectivity index (χ1n) is 12.5. The second kappa shape index (κ2) is 9.09. The normalized spacial score (nSPS) is 18.0. The Morgan fingerprint density at radius 2 is 1.89 bits per heavy atom. The maximum absolute atomic E-state index is 13.4. The minimum absolute atomic E-state index is 0.155. The molecule has 1 aliphatic heterocycles. The highest BCUT2D eigenvalue weighted by Crippen LogP contribution is 2.31. The van der Waals surface area contributed by atoms with Gasteiger partial charge in [0.1, 0.15) is 5.82 Å². The number of carbonyl (C=O) groups is 1. The molecule has 1 saturated carbocycles. The Labute approximate surface area is 206 Å². The van der Waals surface area contributed by atoms with Gasteiger partial charge in [0.15, 0.2) is 0 Å². The number of hydrogen-bond acceptors (Lipinski definition) is 5. The van der Waals surface area contributed by atoms with Crippen LogP contribution >= 0.6 is 0 Å². The molecule has 3 heterocycles. The molecular weight excluding hydrogens is 464 g/mol. The van der Waals surface area contributed by atoms with E-state index in [9.17, 15) is 13.2 Å². The van der Waals surface area contributed by atoms with E-state index in [-0.39, 0.29) is 22.3 Å². The van der Waals surface area contributed by atoms with Crippen LogP contribution in [0, 0.1) is 5.92 Å². The number of aromatic nitrogens is 3. The Bertz CT molecular complexity index is 1340. The number of benzene rings is 1. The Kier molecular flexibility index (Phi) is 6.25. The Morgan fingerprint density at radius 1 is 1.14 bits per heavy atom. The number of rotatable bonds is 6. The van der Waals surface area contributed by atoms with Crippen LogP contribution < -0.4 is 5.32 Å². The van der Waals surface area contributed by atoms with E-state index in [1.807, 2.05) is 6.07 Å². The van der Waals surface area contributed by atoms with E-state index in [4.69, 9.17) is 9.72 Å². The molecule has 8 nitrogen and oxygen atoms in total. The van der Waals surface area contributed by atoms with E-state index < -0.39 is 10.0 Å². The van der Waals surface area contributed by atoms with Crippen LogP contribution in [-0.2, 0) is 26.7 Å². The minimum Gasteiger partial charge on any atom is -0.381 e. The molecule has 1 saturated heterocycles. The summed E-state index contributed by atoms with van der Waals surface area (Å²) in [6.45, 7) is 8.78. The van der Waals surface area contributed by atoms with Crippen molar-refractivity contribution in [1.29, 1.82) is 0 Å². The maximum atomic E-state index is 13.4. The zero-order valence-electron chi connectivity index (χ0n) is 20.7. The summed E-state index contributed by atoms with van der Waals surface area (Å²) in [6, 6.07) is 6.88. The molecule has 2 aliphatic rings. The molecule has 1 amide bonds. The van der Waals surface area contributed by atoms with Crippen molar-refractivity contribution in [1.82, 2.24) is 18.8 Å². The van der Waals surface area contributed by atoms with E-state index in [1.54, 1.807) is 18.2 Å². The van der Waals surface area contributed by atoms with Crippen LogP contribution in [0.1, 0.15) is 69.1 Å². The molecule has 2 aromatic heterocycles. The zero-order chi connectivity index (χ0) is 24.8. The molecule has 1 aliphatic carbocycles. The van der Waals surface area contributed by atoms with Crippen molar-refractivity contribution in [2.75, 3.05) is 13.2 Å². The quantitative estimate of drug-likeness (QED) is 0.553. The number of nitrogens with one attached hydrogen (secondary N) is 1. The molecule has 0 bridgehead atoms. The predicted octanol–water partition coefficient (Wildman–Crippen LogP) is 4.08. The SMILES string of the molecule is CC(C)(C)c1nc2cc(S(=O)(=O)n3ccc(C(=O)NC4CCC4)c3)ccc2n1CC1CCOCC1. The lowest BCUT2D eigenvalue weighted by molar-refractivity contribution is 0.0611. The van der Waals surface area contributed by atoms with Gasteiger partial charge in [0.25, 0.3) is 15.9 Å². The molecule has 188 valence electrons. The van der Waals surface area contributed by atoms with Gasteiger partial charge in [-0.1, -0.05) is 20.8 Å². The van der Waals surface area contributed by atoms with Crippen LogP contribution in [0.3, 0.4) is 0 Å². The number of imidazole rings is 1. The topological polar surface area (TPSA) is 95.2 Å². The smallest absolute Gasteiger partial charge is 0.267 e. The minimum atomic E-state index is -3.86. The molecule has 9 heteroatoms. The Hall–Kier alpha value is -2.65. The van der Waals surface area contributed by atoms with Gasteiger partial charge in [-0.15, -0.1) is 0 Å². The molecule has 35 heavy (non-hydrogen) atoms. The number of carbonyl (C=O) groups excluding carboxylic acids is 1. The van der Waals surface area contributed by atoms with Crippen molar-refractivity contribution < 1.29 is 17.9 Å². The van der Waals surface area contributed by atoms with Gasteiger partial charge in [0.2, 0.25) is 0 Å². The van der Waals surface area contributed by atoms with Crippen molar-refractivity contribution in [2.45, 2.75) is 75.8 Å². The van der Waals surface area contributed by atoms with Gasteiger partial charge < -0.3 is 14.6 Å². The van der Waals surface area contributed by atoms with E-state index in [2.05, 4.69) is 30.7 Å². The Balaban J connectivity index is 1.46. The van der Waals surface area contributed by atoms with Crippen LogP contribution in [0.25, 0.3) is 11.0 Å². The highest BCUT2D eigenvalue weighted by atomic mass is 32.2. The van der Waals surface area contributed by atoms with Gasteiger partial charge >= 0.3 is 0 Å². The van der Waals surface area contributed by atoms with E-state index in [1.165, 1.54) is 12.4 Å². The van der Waals surface area contributed by atoms with Gasteiger partial charge in [0.05, 0.1) is 21.5 Å². The van der Waals surface area contributed by atoms with E-state index in [0.717, 1.165) is 67.2 Å². The molecule has 3 aromatic rings. The van der Waals surface area contributed by atoms with Gasteiger partial charge in [-0.3, -0.25) is 4.79 Å². The average molecular weight is 499 g/mol. The molecular formula is C26H34N4O4S. The van der Waals surface area contributed by atoms with Gasteiger partial charge in [-0.25, -0.2) is 17.4 Å². The van der Waals surface area contributed by atoms with Crippen molar-refractivity contribution in [3.8, 4) is 0 Å². The first-order valence-corrected chi connectivity index (χ1v) is 13.9. The molecule has 5 rings (SSSR count). The zero-order valence-corrected chi connectivity index (χ0v) is 21.5. The number of ether oxygens (including phenoxy) is 1. The highest BCUT2D eigenvalue weighted by Gasteiger charge is 2.27. The van der Waals surface area contributed by atoms with Gasteiger partial charge in [0, 0.05) is 43.6 Å². The molecule has 2 fully saturated rings. The van der Waals surface area contributed by atoms with Crippen LogP contribution in [0.4, 0.5) is 0 Å². The largest absolute Gasteiger partial charge is 0.381 e. The Morgan fingerprint density at radius 3 is 2.54 bits per heavy atom. The van der Waals surface area contributed by atoms with Crippen LogP contribution in [0.15, 0.2) is 41.6 Å². The number of fused-ring (bicyclic) bond motifs is 1. The standard InChI is InChI=1S/C26H34N4O4S/c1-26(2,3)25-28-22-15-21(7-8-23(22)30(25)16-18-10-13-34-14-11-18)35(32,33)29-12-9-19(17-29)24(31)27-20-5-4-6-20/h7-9,12,15,17-18,20H,4-6,10-11,13-14,16H2,1-3H3,(H,27,31). The first-order chi connectivity index (χ1) is 16.6. The molecule has 0 spiro atoms. The van der Waals surface area contributed by atoms with E-state index in [0.29, 0.717) is 17.0 Å². The third-order valence-corrected chi connectivity index (χ3v) is 8.75. The number of hydrogen-bond donors (Lipinski definition) is 1. The predicted molar refractivity (Wildman–Crippen MR) is 134 cm³/mol. The van der Waals surface area contributed by atoms with Crippen LogP contribution in [0.5, 0.6) is 0 Å². The lowest BCUT2D eigenvalue weighted by atomic mass is 9.93. The van der Waals surface area contributed by atoms with Gasteiger partial charge in [-0.2, -0.15) is 0 Å². The summed E-state index contributed by atoms with van der Waals surface area (Å²) in [5.74, 6) is 1.22. The van der Waals surface area contributed by atoms with Gasteiger partial charge in [-0.05, 0) is 62.3 Å². The van der Waals surface area contributed by atoms with Crippen molar-refractivity contribution in [3.05, 3.63) is 48.0 Å². The third kappa shape index (κ3) is 4.76. The summed E-state index contributed by atoms with van der Waals surface area (Å²) in [6.07, 6.45) is 7.91. The summed E-state index contributed by atoms with van der Waals surface area (Å²) in [4.78, 5) is 17.5. The third-order valence-electron chi connectivity index (χ3n) is 7.12. The lowest BCUT2D eigenvalue weighted by Gasteiger charge is -2.26. The second-order valence-corrected chi connectivity index (χ2v) is 12.7. The number of amides is 1. The molecule has 0 unspecified atom stereocenters. The maximum Gasteiger partial charge on any atom is 0.267 e. The fourth-order valence-corrected chi connectivity index (χ4v) is 6.04.